The zero-order valence-corrected chi connectivity index (χ0v) is 17.2. The Labute approximate surface area is 171 Å². The van der Waals surface area contributed by atoms with Gasteiger partial charge in [-0.05, 0) is 86.4 Å². The first-order chi connectivity index (χ1) is 13.7. The summed E-state index contributed by atoms with van der Waals surface area (Å²) in [5.74, 6) is 1.75. The number of hydrogen-bond donors (Lipinski definition) is 3. The van der Waals surface area contributed by atoms with E-state index < -0.39 is 0 Å². The molecule has 0 spiro atoms. The molecule has 0 saturated heterocycles. The molecule has 1 unspecified atom stereocenters. The van der Waals surface area contributed by atoms with Crippen LogP contribution in [0.5, 0.6) is 28.7 Å². The highest BCUT2D eigenvalue weighted by Crippen LogP contribution is 2.46. The van der Waals surface area contributed by atoms with Gasteiger partial charge in [0.1, 0.15) is 28.7 Å². The molecule has 4 nitrogen and oxygen atoms in total. The van der Waals surface area contributed by atoms with E-state index in [9.17, 15) is 15.3 Å². The van der Waals surface area contributed by atoms with Gasteiger partial charge in [-0.3, -0.25) is 0 Å². The molecule has 0 aliphatic carbocycles. The highest BCUT2D eigenvalue weighted by atomic mass is 16.5. The van der Waals surface area contributed by atoms with E-state index in [1.165, 1.54) is 6.07 Å². The smallest absolute Gasteiger partial charge is 0.137 e. The summed E-state index contributed by atoms with van der Waals surface area (Å²) in [5.41, 5.74) is 6.55. The number of hydrogen-bond acceptors (Lipinski definition) is 4. The van der Waals surface area contributed by atoms with Crippen LogP contribution in [-0.2, 0) is 12.8 Å². The van der Waals surface area contributed by atoms with Gasteiger partial charge in [0, 0.05) is 11.6 Å². The first-order valence-corrected chi connectivity index (χ1v) is 9.86. The van der Waals surface area contributed by atoms with Gasteiger partial charge in [-0.1, -0.05) is 23.8 Å². The van der Waals surface area contributed by atoms with E-state index in [2.05, 4.69) is 19.1 Å². The van der Waals surface area contributed by atoms with Crippen molar-refractivity contribution in [1.29, 1.82) is 0 Å². The molecule has 4 heteroatoms. The Morgan fingerprint density at radius 2 is 1.52 bits per heavy atom. The molecule has 150 valence electrons. The number of ether oxygens (including phenoxy) is 1. The number of phenolic OH excluding ortho intramolecular Hbond substituents is 3. The van der Waals surface area contributed by atoms with Crippen molar-refractivity contribution in [3.8, 4) is 28.7 Å². The Balaban J connectivity index is 1.97. The lowest BCUT2D eigenvalue weighted by atomic mass is 9.83. The van der Waals surface area contributed by atoms with E-state index in [1.807, 2.05) is 26.8 Å². The number of benzene rings is 3. The molecule has 0 fully saturated rings. The van der Waals surface area contributed by atoms with Crippen molar-refractivity contribution in [2.75, 3.05) is 0 Å². The van der Waals surface area contributed by atoms with Crippen LogP contribution in [0.1, 0.15) is 44.9 Å². The van der Waals surface area contributed by atoms with Crippen LogP contribution in [0.25, 0.3) is 0 Å². The third kappa shape index (κ3) is 3.39. The standard InChI is InChI=1S/C25H26O4/c1-13-7-15(3)24-18(8-13)10-17(20-6-5-19(26)12-22(20)27)11-21-23(28)14(2)9-16(4)25(21)29-24/h5-9,12,17,26-28H,10-11H2,1-4H3. The Morgan fingerprint density at radius 3 is 2.24 bits per heavy atom. The van der Waals surface area contributed by atoms with Crippen molar-refractivity contribution in [2.45, 2.75) is 46.5 Å². The van der Waals surface area contributed by atoms with Gasteiger partial charge in [0.2, 0.25) is 0 Å². The lowest BCUT2D eigenvalue weighted by Crippen LogP contribution is -2.13. The number of aromatic hydroxyl groups is 3. The van der Waals surface area contributed by atoms with Crippen LogP contribution < -0.4 is 4.74 Å². The maximum absolute atomic E-state index is 10.8. The van der Waals surface area contributed by atoms with Gasteiger partial charge in [0.15, 0.2) is 0 Å². The average Bonchev–Trinajstić information content (AvgIpc) is 2.61. The topological polar surface area (TPSA) is 69.9 Å². The minimum absolute atomic E-state index is 0.0300. The normalized spacial score (nSPS) is 15.7. The van der Waals surface area contributed by atoms with Crippen molar-refractivity contribution < 1.29 is 20.1 Å². The molecule has 4 rings (SSSR count). The van der Waals surface area contributed by atoms with Crippen molar-refractivity contribution in [2.24, 2.45) is 0 Å². The Hall–Kier alpha value is -3.14. The van der Waals surface area contributed by atoms with Gasteiger partial charge in [-0.15, -0.1) is 0 Å². The molecule has 0 radical (unpaired) electrons. The molecule has 0 amide bonds. The van der Waals surface area contributed by atoms with Gasteiger partial charge in [0.05, 0.1) is 0 Å². The first-order valence-electron chi connectivity index (χ1n) is 9.86. The number of fused-ring (bicyclic) bond motifs is 2. The Morgan fingerprint density at radius 1 is 0.793 bits per heavy atom. The third-order valence-electron chi connectivity index (χ3n) is 5.80. The second-order valence-electron chi connectivity index (χ2n) is 8.19. The maximum atomic E-state index is 10.8. The minimum Gasteiger partial charge on any atom is -0.508 e. The van der Waals surface area contributed by atoms with Crippen LogP contribution >= 0.6 is 0 Å². The van der Waals surface area contributed by atoms with Gasteiger partial charge < -0.3 is 20.1 Å². The van der Waals surface area contributed by atoms with Crippen LogP contribution in [0, 0.1) is 27.7 Å². The summed E-state index contributed by atoms with van der Waals surface area (Å²) >= 11 is 0. The SMILES string of the molecule is Cc1cc(C)c2c(c1)CC(c1ccc(O)cc1O)Cc1c(O)c(C)cc(C)c1O2. The first kappa shape index (κ1) is 19.2. The second kappa shape index (κ2) is 7.03. The van der Waals surface area contributed by atoms with Crippen LogP contribution in [0.2, 0.25) is 0 Å². The Bertz CT molecular complexity index is 1110. The molecule has 1 aliphatic rings. The lowest BCUT2D eigenvalue weighted by molar-refractivity contribution is 0.413. The molecule has 0 saturated carbocycles. The molecule has 0 bridgehead atoms. The molecule has 1 aliphatic heterocycles. The molecular weight excluding hydrogens is 364 g/mol. The number of phenols is 3. The second-order valence-corrected chi connectivity index (χ2v) is 8.19. The predicted octanol–water partition coefficient (Wildman–Crippen LogP) is 5.71. The van der Waals surface area contributed by atoms with E-state index in [-0.39, 0.29) is 23.2 Å². The van der Waals surface area contributed by atoms with Crippen molar-refractivity contribution in [3.63, 3.8) is 0 Å². The zero-order valence-electron chi connectivity index (χ0n) is 17.2. The van der Waals surface area contributed by atoms with Crippen LogP contribution in [0.3, 0.4) is 0 Å². The van der Waals surface area contributed by atoms with Crippen molar-refractivity contribution >= 4 is 0 Å². The summed E-state index contributed by atoms with van der Waals surface area (Å²) < 4.78 is 6.41. The van der Waals surface area contributed by atoms with Gasteiger partial charge in [0.25, 0.3) is 0 Å². The van der Waals surface area contributed by atoms with E-state index in [4.69, 9.17) is 4.74 Å². The fraction of sp³-hybridized carbons (Fsp3) is 0.280. The monoisotopic (exact) mass is 390 g/mol. The Kier molecular flexibility index (Phi) is 4.65. The van der Waals surface area contributed by atoms with E-state index in [0.29, 0.717) is 18.6 Å². The average molecular weight is 390 g/mol. The molecule has 3 N–H and O–H groups in total. The largest absolute Gasteiger partial charge is 0.508 e. The lowest BCUT2D eigenvalue weighted by Gasteiger charge is -2.28. The van der Waals surface area contributed by atoms with Gasteiger partial charge in [-0.25, -0.2) is 0 Å². The summed E-state index contributed by atoms with van der Waals surface area (Å²) in [5, 5.41) is 31.1. The molecule has 29 heavy (non-hydrogen) atoms. The van der Waals surface area contributed by atoms with E-state index in [1.54, 1.807) is 12.1 Å². The number of rotatable bonds is 1. The zero-order chi connectivity index (χ0) is 20.9. The molecule has 3 aromatic rings. The van der Waals surface area contributed by atoms with E-state index >= 15 is 0 Å². The van der Waals surface area contributed by atoms with Crippen molar-refractivity contribution in [1.82, 2.24) is 0 Å². The summed E-state index contributed by atoms with van der Waals surface area (Å²) in [6.45, 7) is 7.97. The highest BCUT2D eigenvalue weighted by molar-refractivity contribution is 5.59. The van der Waals surface area contributed by atoms with E-state index in [0.717, 1.165) is 44.7 Å². The highest BCUT2D eigenvalue weighted by Gasteiger charge is 2.28. The van der Waals surface area contributed by atoms with Crippen molar-refractivity contribution in [3.05, 3.63) is 75.3 Å². The molecule has 1 atom stereocenters. The quantitative estimate of drug-likeness (QED) is 0.498. The minimum atomic E-state index is -0.0784. The summed E-state index contributed by atoms with van der Waals surface area (Å²) in [7, 11) is 0. The van der Waals surface area contributed by atoms with Crippen LogP contribution in [0.4, 0.5) is 0 Å². The summed E-state index contributed by atoms with van der Waals surface area (Å²) in [6.07, 6.45) is 1.18. The predicted molar refractivity (Wildman–Crippen MR) is 113 cm³/mol. The molecule has 1 heterocycles. The fourth-order valence-electron chi connectivity index (χ4n) is 4.50. The molecule has 3 aromatic carbocycles. The van der Waals surface area contributed by atoms with Crippen LogP contribution in [0.15, 0.2) is 36.4 Å². The fourth-order valence-corrected chi connectivity index (χ4v) is 4.50. The number of aryl methyl sites for hydroxylation is 4. The van der Waals surface area contributed by atoms with Crippen LogP contribution in [-0.4, -0.2) is 15.3 Å². The maximum Gasteiger partial charge on any atom is 0.137 e. The molecular formula is C25H26O4. The molecule has 0 aromatic heterocycles. The van der Waals surface area contributed by atoms with Gasteiger partial charge >= 0.3 is 0 Å². The third-order valence-corrected chi connectivity index (χ3v) is 5.80. The summed E-state index contributed by atoms with van der Waals surface area (Å²) in [6, 6.07) is 10.9. The summed E-state index contributed by atoms with van der Waals surface area (Å²) in [4.78, 5) is 0. The van der Waals surface area contributed by atoms with Gasteiger partial charge in [-0.2, -0.15) is 0 Å².